The summed E-state index contributed by atoms with van der Waals surface area (Å²) >= 11 is 0. The third kappa shape index (κ3) is 4.89. The molecular formula is C8H18N2O4S. The highest BCUT2D eigenvalue weighted by Gasteiger charge is 2.32. The Morgan fingerprint density at radius 2 is 1.67 bits per heavy atom. The molecule has 6 nitrogen and oxygen atoms in total. The number of piperazine rings is 1. The first-order valence-corrected chi connectivity index (χ1v) is 6.66. The van der Waals surface area contributed by atoms with Crippen molar-refractivity contribution in [2.45, 2.75) is 6.92 Å². The van der Waals surface area contributed by atoms with Crippen molar-refractivity contribution >= 4 is 10.1 Å². The van der Waals surface area contributed by atoms with E-state index in [0.29, 0.717) is 6.61 Å². The molecule has 2 aliphatic heterocycles. The highest BCUT2D eigenvalue weighted by molar-refractivity contribution is 7.85. The molecule has 0 amide bonds. The van der Waals surface area contributed by atoms with Crippen LogP contribution in [0.25, 0.3) is 0 Å². The molecule has 90 valence electrons. The summed E-state index contributed by atoms with van der Waals surface area (Å²) in [6.07, 6.45) is 0. The lowest BCUT2D eigenvalue weighted by atomic mass is 10.3. The van der Waals surface area contributed by atoms with E-state index in [-0.39, 0.29) is 12.4 Å². The number of hydrogen-bond donors (Lipinski definition) is 1. The Balaban J connectivity index is 0.000000158. The van der Waals surface area contributed by atoms with Crippen LogP contribution in [0.1, 0.15) is 6.92 Å². The monoisotopic (exact) mass is 238 g/mol. The van der Waals surface area contributed by atoms with Crippen molar-refractivity contribution in [2.24, 2.45) is 0 Å². The van der Waals surface area contributed by atoms with Gasteiger partial charge in [-0.05, 0) is 6.92 Å². The van der Waals surface area contributed by atoms with Crippen LogP contribution >= 0.6 is 0 Å². The molecule has 0 aliphatic carbocycles. The predicted octanol–water partition coefficient (Wildman–Crippen LogP) is -0.557. The van der Waals surface area contributed by atoms with Crippen LogP contribution in [0.5, 0.6) is 0 Å². The zero-order valence-electron chi connectivity index (χ0n) is 8.92. The van der Waals surface area contributed by atoms with Crippen molar-refractivity contribution in [1.82, 2.24) is 10.0 Å². The van der Waals surface area contributed by atoms with E-state index in [2.05, 4.69) is 14.8 Å². The van der Waals surface area contributed by atoms with Gasteiger partial charge in [0.25, 0.3) is 10.1 Å². The Labute approximate surface area is 90.5 Å². The van der Waals surface area contributed by atoms with Crippen LogP contribution in [-0.4, -0.2) is 68.1 Å². The van der Waals surface area contributed by atoms with Crippen LogP contribution in [0.15, 0.2) is 0 Å². The van der Waals surface area contributed by atoms with Gasteiger partial charge in [-0.25, -0.2) is 10.0 Å². The summed E-state index contributed by atoms with van der Waals surface area (Å²) in [5, 5.41) is 4.72. The third-order valence-electron chi connectivity index (χ3n) is 2.32. The molecule has 0 atom stereocenters. The predicted molar refractivity (Wildman–Crippen MR) is 56.1 cm³/mol. The fourth-order valence-corrected chi connectivity index (χ4v) is 1.63. The van der Waals surface area contributed by atoms with Crippen LogP contribution in [-0.2, 0) is 14.9 Å². The molecule has 2 saturated heterocycles. The second-order valence-electron chi connectivity index (χ2n) is 3.39. The number of hydrogen-bond acceptors (Lipinski definition) is 5. The largest absolute Gasteiger partial charge is 0.381 e. The third-order valence-corrected chi connectivity index (χ3v) is 3.00. The SMILES string of the molecule is C1CN2CCN12.CCOCCS(=O)(=O)O. The van der Waals surface area contributed by atoms with Gasteiger partial charge in [0, 0.05) is 32.8 Å². The standard InChI is InChI=1S/C4H8N2.C4H10O4S/c1-2-6-4-3-5(1)6;1-2-8-3-4-9(5,6)7/h1-4H2;2-4H2,1H3,(H,5,6,7). The zero-order chi connectivity index (χ0) is 11.3. The smallest absolute Gasteiger partial charge is 0.267 e. The van der Waals surface area contributed by atoms with E-state index in [1.807, 2.05) is 0 Å². The summed E-state index contributed by atoms with van der Waals surface area (Å²) in [4.78, 5) is 0. The van der Waals surface area contributed by atoms with Gasteiger partial charge in [0.2, 0.25) is 0 Å². The maximum Gasteiger partial charge on any atom is 0.267 e. The van der Waals surface area contributed by atoms with E-state index in [9.17, 15) is 8.42 Å². The molecule has 2 fully saturated rings. The summed E-state index contributed by atoms with van der Waals surface area (Å²) in [5.41, 5.74) is 0. The molecular weight excluding hydrogens is 220 g/mol. The molecule has 2 heterocycles. The Hall–Kier alpha value is -0.210. The first-order chi connectivity index (χ1) is 7.03. The summed E-state index contributed by atoms with van der Waals surface area (Å²) in [6.45, 7) is 7.56. The van der Waals surface area contributed by atoms with Gasteiger partial charge in [0.15, 0.2) is 0 Å². The Kier molecular flexibility index (Phi) is 4.94. The number of fused-ring (bicyclic) bond motifs is 1. The zero-order valence-corrected chi connectivity index (χ0v) is 9.74. The lowest BCUT2D eigenvalue weighted by Gasteiger charge is -2.52. The highest BCUT2D eigenvalue weighted by atomic mass is 32.2. The lowest BCUT2D eigenvalue weighted by molar-refractivity contribution is -0.189. The Bertz CT molecular complexity index is 262. The minimum atomic E-state index is -3.82. The lowest BCUT2D eigenvalue weighted by Crippen LogP contribution is -2.68. The maximum atomic E-state index is 9.98. The molecule has 2 rings (SSSR count). The van der Waals surface area contributed by atoms with Crippen molar-refractivity contribution in [3.8, 4) is 0 Å². The quantitative estimate of drug-likeness (QED) is 0.523. The van der Waals surface area contributed by atoms with Gasteiger partial charge in [-0.1, -0.05) is 0 Å². The molecule has 0 aromatic rings. The average molecular weight is 238 g/mol. The van der Waals surface area contributed by atoms with Gasteiger partial charge >= 0.3 is 0 Å². The molecule has 15 heavy (non-hydrogen) atoms. The molecule has 0 aromatic carbocycles. The van der Waals surface area contributed by atoms with Gasteiger partial charge in [-0.3, -0.25) is 4.55 Å². The van der Waals surface area contributed by atoms with Crippen LogP contribution in [0.3, 0.4) is 0 Å². The van der Waals surface area contributed by atoms with E-state index >= 15 is 0 Å². The van der Waals surface area contributed by atoms with Crippen LogP contribution < -0.4 is 0 Å². The van der Waals surface area contributed by atoms with Gasteiger partial charge in [-0.2, -0.15) is 8.42 Å². The normalized spacial score (nSPS) is 20.7. The number of rotatable bonds is 4. The average Bonchev–Trinajstić information content (AvgIpc) is 2.11. The van der Waals surface area contributed by atoms with Crippen molar-refractivity contribution in [2.75, 3.05) is 45.1 Å². The second kappa shape index (κ2) is 5.76. The van der Waals surface area contributed by atoms with Crippen LogP contribution in [0.4, 0.5) is 0 Å². The molecule has 2 aliphatic rings. The molecule has 0 bridgehead atoms. The van der Waals surface area contributed by atoms with E-state index < -0.39 is 10.1 Å². The first kappa shape index (κ1) is 12.9. The number of ether oxygens (including phenoxy) is 1. The molecule has 1 N–H and O–H groups in total. The molecule has 0 radical (unpaired) electrons. The van der Waals surface area contributed by atoms with Crippen molar-refractivity contribution in [3.05, 3.63) is 0 Å². The minimum Gasteiger partial charge on any atom is -0.381 e. The van der Waals surface area contributed by atoms with E-state index in [1.54, 1.807) is 6.92 Å². The Morgan fingerprint density at radius 3 is 1.87 bits per heavy atom. The molecule has 0 aromatic heterocycles. The van der Waals surface area contributed by atoms with Crippen LogP contribution in [0.2, 0.25) is 0 Å². The van der Waals surface area contributed by atoms with Crippen LogP contribution in [0, 0.1) is 0 Å². The summed E-state index contributed by atoms with van der Waals surface area (Å²) in [5.74, 6) is -0.319. The van der Waals surface area contributed by atoms with Gasteiger partial charge in [0.1, 0.15) is 0 Å². The van der Waals surface area contributed by atoms with Crippen molar-refractivity contribution < 1.29 is 17.7 Å². The van der Waals surface area contributed by atoms with Gasteiger partial charge in [0.05, 0.1) is 12.4 Å². The Morgan fingerprint density at radius 1 is 1.20 bits per heavy atom. The summed E-state index contributed by atoms with van der Waals surface area (Å²) < 4.78 is 32.8. The first-order valence-electron chi connectivity index (χ1n) is 5.05. The number of nitrogens with zero attached hydrogens (tertiary/aromatic N) is 2. The maximum absolute atomic E-state index is 9.98. The molecule has 0 spiro atoms. The highest BCUT2D eigenvalue weighted by Crippen LogP contribution is 2.16. The van der Waals surface area contributed by atoms with Gasteiger partial charge < -0.3 is 4.74 Å². The number of hydrazine groups is 1. The van der Waals surface area contributed by atoms with Gasteiger partial charge in [-0.15, -0.1) is 0 Å². The van der Waals surface area contributed by atoms with E-state index in [0.717, 1.165) is 0 Å². The summed E-state index contributed by atoms with van der Waals surface area (Å²) in [7, 11) is -3.82. The van der Waals surface area contributed by atoms with Crippen molar-refractivity contribution in [1.29, 1.82) is 0 Å². The summed E-state index contributed by atoms with van der Waals surface area (Å²) in [6, 6.07) is 0. The second-order valence-corrected chi connectivity index (χ2v) is 4.96. The van der Waals surface area contributed by atoms with E-state index in [1.165, 1.54) is 26.2 Å². The minimum absolute atomic E-state index is 0.0648. The van der Waals surface area contributed by atoms with Crippen molar-refractivity contribution in [3.63, 3.8) is 0 Å². The molecule has 0 saturated carbocycles. The fraction of sp³-hybridized carbons (Fsp3) is 1.00. The topological polar surface area (TPSA) is 70.1 Å². The molecule has 7 heteroatoms. The molecule has 0 unspecified atom stereocenters. The van der Waals surface area contributed by atoms with E-state index in [4.69, 9.17) is 4.55 Å². The fourth-order valence-electron chi connectivity index (χ4n) is 1.30.